The Kier molecular flexibility index (Phi) is 5.41. The van der Waals surface area contributed by atoms with Gasteiger partial charge in [0.05, 0.1) is 7.11 Å². The van der Waals surface area contributed by atoms with E-state index in [1.54, 1.807) is 6.07 Å². The first kappa shape index (κ1) is 15.3. The molecule has 0 aliphatic heterocycles. The number of halogens is 1. The Bertz CT molecular complexity index is 427. The van der Waals surface area contributed by atoms with Crippen LogP contribution in [0.3, 0.4) is 0 Å². The van der Waals surface area contributed by atoms with Crippen LogP contribution in [-0.2, 0) is 0 Å². The Morgan fingerprint density at radius 1 is 1.30 bits per heavy atom. The van der Waals surface area contributed by atoms with E-state index in [1.165, 1.54) is 51.7 Å². The van der Waals surface area contributed by atoms with Crippen molar-refractivity contribution in [3.63, 3.8) is 0 Å². The summed E-state index contributed by atoms with van der Waals surface area (Å²) in [5.74, 6) is 1.32. The van der Waals surface area contributed by atoms with Gasteiger partial charge >= 0.3 is 0 Å². The zero-order valence-electron chi connectivity index (χ0n) is 12.6. The second kappa shape index (κ2) is 7.07. The predicted molar refractivity (Wildman–Crippen MR) is 80.2 cm³/mol. The van der Waals surface area contributed by atoms with Crippen LogP contribution in [0, 0.1) is 17.7 Å². The van der Waals surface area contributed by atoms with E-state index in [0.29, 0.717) is 5.92 Å². The van der Waals surface area contributed by atoms with E-state index >= 15 is 0 Å². The Morgan fingerprint density at radius 3 is 2.55 bits per heavy atom. The highest BCUT2D eigenvalue weighted by Crippen LogP contribution is 2.37. The zero-order valence-corrected chi connectivity index (χ0v) is 12.6. The van der Waals surface area contributed by atoms with Crippen LogP contribution in [0.2, 0.25) is 0 Å². The average Bonchev–Trinajstić information content (AvgIpc) is 2.47. The molecule has 1 aromatic rings. The second-order valence-electron chi connectivity index (χ2n) is 5.99. The molecule has 0 amide bonds. The topological polar surface area (TPSA) is 35.2 Å². The minimum atomic E-state index is -0.319. The summed E-state index contributed by atoms with van der Waals surface area (Å²) in [5.41, 5.74) is 7.23. The van der Waals surface area contributed by atoms with Crippen molar-refractivity contribution < 1.29 is 9.13 Å². The van der Waals surface area contributed by atoms with Crippen LogP contribution in [-0.4, -0.2) is 7.11 Å². The second-order valence-corrected chi connectivity index (χ2v) is 5.99. The van der Waals surface area contributed by atoms with Crippen LogP contribution < -0.4 is 10.5 Å². The lowest BCUT2D eigenvalue weighted by molar-refractivity contribution is 0.234. The van der Waals surface area contributed by atoms with Crippen LogP contribution in [0.1, 0.15) is 57.1 Å². The van der Waals surface area contributed by atoms with Crippen molar-refractivity contribution in [1.29, 1.82) is 0 Å². The van der Waals surface area contributed by atoms with Crippen molar-refractivity contribution in [1.82, 2.24) is 0 Å². The number of methoxy groups -OCH3 is 1. The summed E-state index contributed by atoms with van der Waals surface area (Å²) >= 11 is 0. The minimum absolute atomic E-state index is 0.0574. The molecule has 1 atom stereocenters. The van der Waals surface area contributed by atoms with Crippen LogP contribution in [0.15, 0.2) is 18.2 Å². The molecule has 2 nitrogen and oxygen atoms in total. The standard InChI is InChI=1S/C17H26FNO/c1-3-4-12-5-7-13(8-6-12)17(19)14-9-10-16(20-2)15(18)11-14/h9-13,17H,3-8,19H2,1-2H3. The van der Waals surface area contributed by atoms with E-state index in [-0.39, 0.29) is 17.6 Å². The molecule has 1 aromatic carbocycles. The molecule has 3 heteroatoms. The summed E-state index contributed by atoms with van der Waals surface area (Å²) < 4.78 is 18.7. The van der Waals surface area contributed by atoms with Gasteiger partial charge in [-0.15, -0.1) is 0 Å². The molecule has 0 saturated heterocycles. The first-order chi connectivity index (χ1) is 9.65. The summed E-state index contributed by atoms with van der Waals surface area (Å²) in [6.45, 7) is 2.25. The highest BCUT2D eigenvalue weighted by Gasteiger charge is 2.26. The average molecular weight is 279 g/mol. The molecule has 1 unspecified atom stereocenters. The van der Waals surface area contributed by atoms with Crippen LogP contribution in [0.25, 0.3) is 0 Å². The molecule has 20 heavy (non-hydrogen) atoms. The maximum Gasteiger partial charge on any atom is 0.165 e. The quantitative estimate of drug-likeness (QED) is 0.864. The van der Waals surface area contributed by atoms with Gasteiger partial charge in [-0.3, -0.25) is 0 Å². The molecule has 1 fully saturated rings. The first-order valence-corrected chi connectivity index (χ1v) is 7.74. The van der Waals surface area contributed by atoms with Gasteiger partial charge in [-0.1, -0.05) is 38.7 Å². The molecule has 0 bridgehead atoms. The van der Waals surface area contributed by atoms with E-state index in [9.17, 15) is 4.39 Å². The maximum absolute atomic E-state index is 13.8. The van der Waals surface area contributed by atoms with Crippen LogP contribution in [0.5, 0.6) is 5.75 Å². The van der Waals surface area contributed by atoms with Crippen molar-refractivity contribution in [2.24, 2.45) is 17.6 Å². The van der Waals surface area contributed by atoms with Crippen LogP contribution in [0.4, 0.5) is 4.39 Å². The van der Waals surface area contributed by atoms with Crippen molar-refractivity contribution in [2.75, 3.05) is 7.11 Å². The largest absolute Gasteiger partial charge is 0.494 e. The number of nitrogens with two attached hydrogens (primary N) is 1. The van der Waals surface area contributed by atoms with Gasteiger partial charge in [0, 0.05) is 6.04 Å². The van der Waals surface area contributed by atoms with Gasteiger partial charge < -0.3 is 10.5 Å². The summed E-state index contributed by atoms with van der Waals surface area (Å²) in [6, 6.07) is 5.04. The Labute approximate surface area is 121 Å². The molecule has 1 aliphatic rings. The molecule has 2 N–H and O–H groups in total. The minimum Gasteiger partial charge on any atom is -0.494 e. The fourth-order valence-electron chi connectivity index (χ4n) is 3.41. The molecule has 112 valence electrons. The zero-order chi connectivity index (χ0) is 14.5. The Hall–Kier alpha value is -1.09. The molecule has 0 radical (unpaired) electrons. The Morgan fingerprint density at radius 2 is 2.00 bits per heavy atom. The normalized spacial score (nSPS) is 24.4. The lowest BCUT2D eigenvalue weighted by atomic mass is 9.76. The fourth-order valence-corrected chi connectivity index (χ4v) is 3.41. The van der Waals surface area contributed by atoms with Gasteiger partial charge in [-0.05, 0) is 42.4 Å². The summed E-state index contributed by atoms with van der Waals surface area (Å²) in [7, 11) is 1.48. The molecule has 1 saturated carbocycles. The van der Waals surface area contributed by atoms with Crippen molar-refractivity contribution >= 4 is 0 Å². The maximum atomic E-state index is 13.8. The van der Waals surface area contributed by atoms with Crippen molar-refractivity contribution in [3.8, 4) is 5.75 Å². The third-order valence-electron chi connectivity index (χ3n) is 4.66. The van der Waals surface area contributed by atoms with Crippen molar-refractivity contribution in [3.05, 3.63) is 29.6 Å². The number of ether oxygens (including phenoxy) is 1. The highest BCUT2D eigenvalue weighted by molar-refractivity contribution is 5.31. The van der Waals surface area contributed by atoms with Gasteiger partial charge in [0.2, 0.25) is 0 Å². The van der Waals surface area contributed by atoms with E-state index in [4.69, 9.17) is 10.5 Å². The number of hydrogen-bond donors (Lipinski definition) is 1. The molecule has 0 aromatic heterocycles. The lowest BCUT2D eigenvalue weighted by Crippen LogP contribution is -2.26. The van der Waals surface area contributed by atoms with Crippen LogP contribution >= 0.6 is 0 Å². The van der Waals surface area contributed by atoms with Gasteiger partial charge in [-0.2, -0.15) is 0 Å². The van der Waals surface area contributed by atoms with Gasteiger partial charge in [0.15, 0.2) is 11.6 Å². The summed E-state index contributed by atoms with van der Waals surface area (Å²) in [5, 5.41) is 0. The van der Waals surface area contributed by atoms with E-state index in [2.05, 4.69) is 6.92 Å². The summed E-state index contributed by atoms with van der Waals surface area (Å²) in [4.78, 5) is 0. The third kappa shape index (κ3) is 3.51. The first-order valence-electron chi connectivity index (χ1n) is 7.74. The molecular formula is C17H26FNO. The fraction of sp³-hybridized carbons (Fsp3) is 0.647. The molecule has 2 rings (SSSR count). The summed E-state index contributed by atoms with van der Waals surface area (Å²) in [6.07, 6.45) is 7.47. The van der Waals surface area contributed by atoms with Gasteiger partial charge in [0.25, 0.3) is 0 Å². The SMILES string of the molecule is CCCC1CCC(C(N)c2ccc(OC)c(F)c2)CC1. The highest BCUT2D eigenvalue weighted by atomic mass is 19.1. The molecule has 0 heterocycles. The predicted octanol–water partition coefficient (Wildman–Crippen LogP) is 4.44. The smallest absolute Gasteiger partial charge is 0.165 e. The van der Waals surface area contributed by atoms with Gasteiger partial charge in [-0.25, -0.2) is 4.39 Å². The number of hydrogen-bond acceptors (Lipinski definition) is 2. The lowest BCUT2D eigenvalue weighted by Gasteiger charge is -2.32. The molecule has 1 aliphatic carbocycles. The number of rotatable bonds is 5. The monoisotopic (exact) mass is 279 g/mol. The third-order valence-corrected chi connectivity index (χ3v) is 4.66. The van der Waals surface area contributed by atoms with Crippen molar-refractivity contribution in [2.45, 2.75) is 51.5 Å². The Balaban J connectivity index is 1.98. The van der Waals surface area contributed by atoms with E-state index < -0.39 is 0 Å². The number of benzene rings is 1. The van der Waals surface area contributed by atoms with E-state index in [1.807, 2.05) is 6.07 Å². The molecular weight excluding hydrogens is 253 g/mol. The molecule has 0 spiro atoms. The van der Waals surface area contributed by atoms with E-state index in [0.717, 1.165) is 11.5 Å². The van der Waals surface area contributed by atoms with Gasteiger partial charge in [0.1, 0.15) is 0 Å².